The second-order valence-electron chi connectivity index (χ2n) is 7.91. The molecule has 1 aliphatic carbocycles. The molecule has 1 aromatic heterocycles. The Balaban J connectivity index is 1.49. The lowest BCUT2D eigenvalue weighted by atomic mass is 9.67. The highest BCUT2D eigenvalue weighted by molar-refractivity contribution is 6.05. The fourth-order valence-corrected chi connectivity index (χ4v) is 5.00. The third-order valence-corrected chi connectivity index (χ3v) is 6.23. The highest BCUT2D eigenvalue weighted by Gasteiger charge is 2.45. The van der Waals surface area contributed by atoms with E-state index in [9.17, 15) is 4.79 Å². The van der Waals surface area contributed by atoms with Gasteiger partial charge < -0.3 is 10.2 Å². The topological polar surface area (TPSA) is 45.2 Å². The van der Waals surface area contributed by atoms with Crippen LogP contribution in [0.2, 0.25) is 0 Å². The molecular weight excluding hydrogens is 310 g/mol. The Labute approximate surface area is 149 Å². The summed E-state index contributed by atoms with van der Waals surface area (Å²) in [7, 11) is 2.21. The summed E-state index contributed by atoms with van der Waals surface area (Å²) >= 11 is 0. The van der Waals surface area contributed by atoms with Gasteiger partial charge in [0.15, 0.2) is 0 Å². The lowest BCUT2D eigenvalue weighted by Crippen LogP contribution is -2.40. The molecule has 1 saturated heterocycles. The van der Waals surface area contributed by atoms with Crippen molar-refractivity contribution in [2.24, 2.45) is 11.3 Å². The Morgan fingerprint density at radius 1 is 1.24 bits per heavy atom. The molecule has 4 heteroatoms. The SMILES string of the molecule is CN1CC(CNC(=O)c2nccc3ccccc23)C2(CCCCC2)C1. The smallest absolute Gasteiger partial charge is 0.270 e. The molecule has 1 spiro atoms. The highest BCUT2D eigenvalue weighted by atomic mass is 16.1. The van der Waals surface area contributed by atoms with E-state index in [1.807, 2.05) is 30.3 Å². The van der Waals surface area contributed by atoms with Gasteiger partial charge in [0.2, 0.25) is 0 Å². The van der Waals surface area contributed by atoms with E-state index in [1.54, 1.807) is 6.20 Å². The molecule has 132 valence electrons. The second kappa shape index (κ2) is 6.75. The number of carbonyl (C=O) groups is 1. The first-order chi connectivity index (χ1) is 12.2. The molecule has 0 radical (unpaired) electrons. The number of nitrogens with zero attached hydrogens (tertiary/aromatic N) is 2. The van der Waals surface area contributed by atoms with Gasteiger partial charge in [-0.15, -0.1) is 0 Å². The number of pyridine rings is 1. The molecule has 1 saturated carbocycles. The van der Waals surface area contributed by atoms with E-state index < -0.39 is 0 Å². The van der Waals surface area contributed by atoms with E-state index in [1.165, 1.54) is 38.6 Å². The molecule has 1 N–H and O–H groups in total. The maximum atomic E-state index is 12.8. The molecule has 2 heterocycles. The van der Waals surface area contributed by atoms with Gasteiger partial charge in [-0.3, -0.25) is 9.78 Å². The fraction of sp³-hybridized carbons (Fsp3) is 0.524. The first-order valence-corrected chi connectivity index (χ1v) is 9.48. The van der Waals surface area contributed by atoms with Gasteiger partial charge >= 0.3 is 0 Å². The van der Waals surface area contributed by atoms with E-state index in [4.69, 9.17) is 0 Å². The number of hydrogen-bond donors (Lipinski definition) is 1. The number of carbonyl (C=O) groups excluding carboxylic acids is 1. The van der Waals surface area contributed by atoms with Gasteiger partial charge in [0.25, 0.3) is 5.91 Å². The largest absolute Gasteiger partial charge is 0.350 e. The summed E-state index contributed by atoms with van der Waals surface area (Å²) in [6.07, 6.45) is 8.38. The minimum absolute atomic E-state index is 0.0442. The standard InChI is InChI=1S/C21H27N3O/c1-24-14-17(21(15-24)10-5-2-6-11-21)13-23-20(25)19-18-8-4-3-7-16(18)9-12-22-19/h3-4,7-9,12,17H,2,5-6,10-11,13-15H2,1H3,(H,23,25). The summed E-state index contributed by atoms with van der Waals surface area (Å²) in [4.78, 5) is 19.6. The predicted octanol–water partition coefficient (Wildman–Crippen LogP) is 3.48. The molecular formula is C21H27N3O. The Morgan fingerprint density at radius 3 is 2.88 bits per heavy atom. The van der Waals surface area contributed by atoms with Crippen LogP contribution >= 0.6 is 0 Å². The molecule has 2 aliphatic rings. The summed E-state index contributed by atoms with van der Waals surface area (Å²) in [6.45, 7) is 3.03. The summed E-state index contributed by atoms with van der Waals surface area (Å²) in [5.74, 6) is 0.508. The molecule has 1 aliphatic heterocycles. The minimum atomic E-state index is -0.0442. The van der Waals surface area contributed by atoms with Crippen LogP contribution in [0.3, 0.4) is 0 Å². The maximum absolute atomic E-state index is 12.8. The Hall–Kier alpha value is -1.94. The second-order valence-corrected chi connectivity index (χ2v) is 7.91. The Bertz CT molecular complexity index is 761. The van der Waals surface area contributed by atoms with Crippen LogP contribution in [0.5, 0.6) is 0 Å². The van der Waals surface area contributed by atoms with Gasteiger partial charge in [0, 0.05) is 31.2 Å². The first kappa shape index (κ1) is 16.5. The summed E-state index contributed by atoms with van der Waals surface area (Å²) in [5.41, 5.74) is 0.953. The van der Waals surface area contributed by atoms with E-state index in [0.29, 0.717) is 17.0 Å². The van der Waals surface area contributed by atoms with Gasteiger partial charge in [0.1, 0.15) is 5.69 Å². The Morgan fingerprint density at radius 2 is 2.04 bits per heavy atom. The van der Waals surface area contributed by atoms with Crippen LogP contribution in [0.15, 0.2) is 36.5 Å². The quantitative estimate of drug-likeness (QED) is 0.933. The Kier molecular flexibility index (Phi) is 4.46. The molecule has 25 heavy (non-hydrogen) atoms. The summed E-state index contributed by atoms with van der Waals surface area (Å²) in [5, 5.41) is 5.19. The predicted molar refractivity (Wildman–Crippen MR) is 101 cm³/mol. The summed E-state index contributed by atoms with van der Waals surface area (Å²) in [6, 6.07) is 9.91. The number of rotatable bonds is 3. The average molecular weight is 337 g/mol. The van der Waals surface area contributed by atoms with Crippen LogP contribution in [0.1, 0.15) is 42.6 Å². The molecule has 2 fully saturated rings. The van der Waals surface area contributed by atoms with Crippen molar-refractivity contribution in [3.8, 4) is 0 Å². The lowest BCUT2D eigenvalue weighted by Gasteiger charge is -2.38. The highest BCUT2D eigenvalue weighted by Crippen LogP contribution is 2.46. The van der Waals surface area contributed by atoms with Crippen molar-refractivity contribution < 1.29 is 4.79 Å². The van der Waals surface area contributed by atoms with Crippen LogP contribution in [0.4, 0.5) is 0 Å². The number of hydrogen-bond acceptors (Lipinski definition) is 3. The van der Waals surface area contributed by atoms with Crippen molar-refractivity contribution in [1.29, 1.82) is 0 Å². The van der Waals surface area contributed by atoms with Gasteiger partial charge in [-0.25, -0.2) is 0 Å². The zero-order chi connectivity index (χ0) is 17.3. The number of aromatic nitrogens is 1. The number of likely N-dealkylation sites (tertiary alicyclic amines) is 1. The van der Waals surface area contributed by atoms with Gasteiger partial charge in [-0.2, -0.15) is 0 Å². The molecule has 1 amide bonds. The van der Waals surface area contributed by atoms with Crippen molar-refractivity contribution in [2.45, 2.75) is 32.1 Å². The van der Waals surface area contributed by atoms with E-state index in [-0.39, 0.29) is 5.91 Å². The van der Waals surface area contributed by atoms with Crippen LogP contribution in [0.25, 0.3) is 10.8 Å². The van der Waals surface area contributed by atoms with Crippen LogP contribution in [0, 0.1) is 11.3 Å². The number of amides is 1. The van der Waals surface area contributed by atoms with E-state index in [2.05, 4.69) is 22.2 Å². The number of nitrogens with one attached hydrogen (secondary N) is 1. The molecule has 4 nitrogen and oxygen atoms in total. The van der Waals surface area contributed by atoms with Crippen molar-refractivity contribution >= 4 is 16.7 Å². The van der Waals surface area contributed by atoms with Crippen molar-refractivity contribution in [2.75, 3.05) is 26.7 Å². The maximum Gasteiger partial charge on any atom is 0.270 e. The zero-order valence-electron chi connectivity index (χ0n) is 15.0. The van der Waals surface area contributed by atoms with E-state index in [0.717, 1.165) is 23.9 Å². The van der Waals surface area contributed by atoms with Gasteiger partial charge in [0.05, 0.1) is 0 Å². The monoisotopic (exact) mass is 337 g/mol. The normalized spacial score (nSPS) is 23.2. The number of fused-ring (bicyclic) bond motifs is 1. The van der Waals surface area contributed by atoms with Crippen molar-refractivity contribution in [1.82, 2.24) is 15.2 Å². The molecule has 1 aromatic carbocycles. The molecule has 4 rings (SSSR count). The lowest BCUT2D eigenvalue weighted by molar-refractivity contribution is 0.0913. The van der Waals surface area contributed by atoms with Crippen molar-refractivity contribution in [3.05, 3.63) is 42.2 Å². The minimum Gasteiger partial charge on any atom is -0.350 e. The zero-order valence-corrected chi connectivity index (χ0v) is 15.0. The molecule has 0 bridgehead atoms. The van der Waals surface area contributed by atoms with Crippen LogP contribution in [-0.4, -0.2) is 42.5 Å². The number of benzene rings is 1. The van der Waals surface area contributed by atoms with Gasteiger partial charge in [-0.1, -0.05) is 43.5 Å². The summed E-state index contributed by atoms with van der Waals surface area (Å²) < 4.78 is 0. The van der Waals surface area contributed by atoms with E-state index >= 15 is 0 Å². The fourth-order valence-electron chi connectivity index (χ4n) is 5.00. The third kappa shape index (κ3) is 3.15. The average Bonchev–Trinajstić information content (AvgIpc) is 2.94. The molecule has 1 atom stereocenters. The van der Waals surface area contributed by atoms with Crippen LogP contribution in [-0.2, 0) is 0 Å². The first-order valence-electron chi connectivity index (χ1n) is 9.48. The third-order valence-electron chi connectivity index (χ3n) is 6.23. The van der Waals surface area contributed by atoms with Crippen LogP contribution < -0.4 is 5.32 Å². The molecule has 1 unspecified atom stereocenters. The molecule has 2 aromatic rings. The van der Waals surface area contributed by atoms with Crippen molar-refractivity contribution in [3.63, 3.8) is 0 Å². The van der Waals surface area contributed by atoms with Gasteiger partial charge in [-0.05, 0) is 42.7 Å².